The van der Waals surface area contributed by atoms with E-state index in [-0.39, 0.29) is 5.56 Å². The topological polar surface area (TPSA) is 59.8 Å². The van der Waals surface area contributed by atoms with Gasteiger partial charge < -0.3 is 5.32 Å². The van der Waals surface area contributed by atoms with E-state index < -0.39 is 35.0 Å². The number of hydrogen-bond acceptors (Lipinski definition) is 3. The summed E-state index contributed by atoms with van der Waals surface area (Å²) in [5.41, 5.74) is -1.05. The molecule has 0 aliphatic carbocycles. The van der Waals surface area contributed by atoms with Crippen LogP contribution in [0.25, 0.3) is 11.0 Å². The maximum atomic E-state index is 13.5. The van der Waals surface area contributed by atoms with Crippen LogP contribution >= 0.6 is 0 Å². The third-order valence-electron chi connectivity index (χ3n) is 4.24. The molecule has 148 valence electrons. The van der Waals surface area contributed by atoms with E-state index in [4.69, 9.17) is 0 Å². The van der Waals surface area contributed by atoms with Gasteiger partial charge in [-0.1, -0.05) is 38.1 Å². The van der Waals surface area contributed by atoms with Crippen molar-refractivity contribution in [2.24, 2.45) is 5.41 Å². The van der Waals surface area contributed by atoms with Gasteiger partial charge in [-0.05, 0) is 30.3 Å². The number of halogens is 4. The van der Waals surface area contributed by atoms with Crippen molar-refractivity contribution in [1.29, 1.82) is 0 Å². The Hall–Kier alpha value is -2.97. The van der Waals surface area contributed by atoms with Crippen molar-refractivity contribution in [2.75, 3.05) is 0 Å². The molecule has 28 heavy (non-hydrogen) atoms. The molecule has 0 aliphatic heterocycles. The minimum atomic E-state index is -4.90. The molecule has 1 N–H and O–H groups in total. The molecule has 3 aromatic rings. The number of benzene rings is 2. The van der Waals surface area contributed by atoms with Crippen molar-refractivity contribution in [3.8, 4) is 0 Å². The summed E-state index contributed by atoms with van der Waals surface area (Å²) < 4.78 is 53.9. The molecular weight excluding hydrogens is 376 g/mol. The molecule has 1 atom stereocenters. The van der Waals surface area contributed by atoms with Gasteiger partial charge in [-0.15, -0.1) is 5.10 Å². The average molecular weight is 394 g/mol. The minimum absolute atomic E-state index is 0.299. The largest absolute Gasteiger partial charge is 0.419 e. The molecule has 0 bridgehead atoms. The summed E-state index contributed by atoms with van der Waals surface area (Å²) >= 11 is 0. The maximum absolute atomic E-state index is 13.5. The first-order chi connectivity index (χ1) is 13.0. The summed E-state index contributed by atoms with van der Waals surface area (Å²) in [6.45, 7) is 5.54. The van der Waals surface area contributed by atoms with Gasteiger partial charge >= 0.3 is 6.18 Å². The van der Waals surface area contributed by atoms with Crippen molar-refractivity contribution in [1.82, 2.24) is 20.3 Å². The molecule has 0 saturated heterocycles. The Morgan fingerprint density at radius 3 is 2.43 bits per heavy atom. The summed E-state index contributed by atoms with van der Waals surface area (Å²) in [5.74, 6) is -2.20. The Labute approximate surface area is 158 Å². The first-order valence-corrected chi connectivity index (χ1v) is 8.46. The Balaban J connectivity index is 1.98. The van der Waals surface area contributed by atoms with Gasteiger partial charge in [0.2, 0.25) is 0 Å². The third-order valence-corrected chi connectivity index (χ3v) is 4.24. The van der Waals surface area contributed by atoms with Crippen LogP contribution in [0.15, 0.2) is 42.5 Å². The van der Waals surface area contributed by atoms with Gasteiger partial charge in [0.05, 0.1) is 11.1 Å². The van der Waals surface area contributed by atoms with Gasteiger partial charge in [0, 0.05) is 11.0 Å². The molecule has 0 fully saturated rings. The lowest BCUT2D eigenvalue weighted by Gasteiger charge is -2.31. The summed E-state index contributed by atoms with van der Waals surface area (Å²) in [6, 6.07) is 9.27. The number of nitrogens with one attached hydrogen (secondary N) is 1. The number of carbonyl (C=O) groups is 1. The lowest BCUT2D eigenvalue weighted by molar-refractivity contribution is -0.140. The molecule has 0 spiro atoms. The molecule has 0 radical (unpaired) electrons. The van der Waals surface area contributed by atoms with E-state index in [1.807, 2.05) is 20.8 Å². The summed E-state index contributed by atoms with van der Waals surface area (Å²) in [7, 11) is 0. The van der Waals surface area contributed by atoms with E-state index >= 15 is 0 Å². The van der Waals surface area contributed by atoms with Crippen LogP contribution in [0.2, 0.25) is 0 Å². The molecule has 1 aromatic heterocycles. The van der Waals surface area contributed by atoms with Crippen LogP contribution in [0.4, 0.5) is 17.6 Å². The fraction of sp³-hybridized carbons (Fsp3) is 0.316. The zero-order chi connectivity index (χ0) is 20.7. The third kappa shape index (κ3) is 3.83. The summed E-state index contributed by atoms with van der Waals surface area (Å²) in [4.78, 5) is 12.7. The van der Waals surface area contributed by atoms with E-state index in [1.54, 1.807) is 24.3 Å². The van der Waals surface area contributed by atoms with Gasteiger partial charge in [-0.2, -0.15) is 13.2 Å². The highest BCUT2D eigenvalue weighted by molar-refractivity contribution is 5.94. The van der Waals surface area contributed by atoms with Crippen molar-refractivity contribution < 1.29 is 22.4 Å². The highest BCUT2D eigenvalue weighted by Gasteiger charge is 2.35. The molecule has 3 rings (SSSR count). The van der Waals surface area contributed by atoms with Crippen LogP contribution in [-0.2, 0) is 6.18 Å². The first-order valence-electron chi connectivity index (χ1n) is 8.46. The van der Waals surface area contributed by atoms with E-state index in [1.165, 1.54) is 4.68 Å². The normalized spacial score (nSPS) is 13.5. The zero-order valence-electron chi connectivity index (χ0n) is 15.4. The number of rotatable bonds is 3. The molecule has 0 aliphatic rings. The smallest absolute Gasteiger partial charge is 0.330 e. The van der Waals surface area contributed by atoms with Crippen LogP contribution < -0.4 is 5.32 Å². The molecule has 1 heterocycles. The van der Waals surface area contributed by atoms with Crippen LogP contribution in [0.1, 0.15) is 42.9 Å². The summed E-state index contributed by atoms with van der Waals surface area (Å²) in [6.07, 6.45) is -5.60. The second kappa shape index (κ2) is 6.88. The highest BCUT2D eigenvalue weighted by atomic mass is 19.4. The second-order valence-electron chi connectivity index (χ2n) is 7.46. The Morgan fingerprint density at radius 2 is 1.79 bits per heavy atom. The number of nitrogens with zero attached hydrogens (tertiary/aromatic N) is 3. The molecule has 9 heteroatoms. The van der Waals surface area contributed by atoms with Crippen molar-refractivity contribution in [3.63, 3.8) is 0 Å². The zero-order valence-corrected chi connectivity index (χ0v) is 15.4. The first kappa shape index (κ1) is 19.8. The monoisotopic (exact) mass is 394 g/mol. The maximum Gasteiger partial charge on any atom is 0.419 e. The molecule has 5 nitrogen and oxygen atoms in total. The highest BCUT2D eigenvalue weighted by Crippen LogP contribution is 2.33. The van der Waals surface area contributed by atoms with Gasteiger partial charge in [0.25, 0.3) is 5.91 Å². The molecule has 1 unspecified atom stereocenters. The SMILES string of the molecule is CC(C)(C)C(NC(=O)c1ccc(F)c(C(F)(F)F)c1)n1nnc2ccccc21. The lowest BCUT2D eigenvalue weighted by atomic mass is 9.91. The predicted molar refractivity (Wildman–Crippen MR) is 94.9 cm³/mol. The minimum Gasteiger partial charge on any atom is -0.330 e. The lowest BCUT2D eigenvalue weighted by Crippen LogP contribution is -2.41. The molecular formula is C19H18F4N4O. The van der Waals surface area contributed by atoms with Gasteiger partial charge in [-0.3, -0.25) is 4.79 Å². The quantitative estimate of drug-likeness (QED) is 0.663. The van der Waals surface area contributed by atoms with Crippen molar-refractivity contribution in [3.05, 3.63) is 59.4 Å². The van der Waals surface area contributed by atoms with Crippen LogP contribution in [-0.4, -0.2) is 20.9 Å². The Morgan fingerprint density at radius 1 is 1.11 bits per heavy atom. The van der Waals surface area contributed by atoms with Crippen molar-refractivity contribution in [2.45, 2.75) is 33.1 Å². The van der Waals surface area contributed by atoms with Crippen LogP contribution in [0.5, 0.6) is 0 Å². The molecule has 0 saturated carbocycles. The van der Waals surface area contributed by atoms with E-state index in [0.29, 0.717) is 23.2 Å². The fourth-order valence-corrected chi connectivity index (χ4v) is 2.81. The number of amides is 1. The number of alkyl halides is 3. The second-order valence-corrected chi connectivity index (χ2v) is 7.46. The number of carbonyl (C=O) groups excluding carboxylic acids is 1. The van der Waals surface area contributed by atoms with E-state index in [2.05, 4.69) is 15.6 Å². The van der Waals surface area contributed by atoms with Crippen LogP contribution in [0.3, 0.4) is 0 Å². The number of fused-ring (bicyclic) bond motifs is 1. The van der Waals surface area contributed by atoms with E-state index in [9.17, 15) is 22.4 Å². The van der Waals surface area contributed by atoms with E-state index in [0.717, 1.165) is 6.07 Å². The molecule has 2 aromatic carbocycles. The fourth-order valence-electron chi connectivity index (χ4n) is 2.81. The van der Waals surface area contributed by atoms with Crippen molar-refractivity contribution >= 4 is 16.9 Å². The van der Waals surface area contributed by atoms with Gasteiger partial charge in [0.1, 0.15) is 17.5 Å². The standard InChI is InChI=1S/C19H18F4N4O/c1-18(2,3)17(27-15-7-5-4-6-14(15)25-26-27)24-16(28)11-8-9-13(20)12(10-11)19(21,22)23/h4-10,17H,1-3H3,(H,24,28). The summed E-state index contributed by atoms with van der Waals surface area (Å²) in [5, 5.41) is 10.8. The van der Waals surface area contributed by atoms with Gasteiger partial charge in [-0.25, -0.2) is 9.07 Å². The number of aromatic nitrogens is 3. The predicted octanol–water partition coefficient (Wildman–Crippen LogP) is 4.56. The molecule has 1 amide bonds. The van der Waals surface area contributed by atoms with Crippen LogP contribution in [0, 0.1) is 11.2 Å². The Kier molecular flexibility index (Phi) is 4.86. The number of hydrogen-bond donors (Lipinski definition) is 1. The number of para-hydroxylation sites is 1. The average Bonchev–Trinajstić information content (AvgIpc) is 3.01. The Bertz CT molecular complexity index is 1020. The van der Waals surface area contributed by atoms with Gasteiger partial charge in [0.15, 0.2) is 0 Å².